The van der Waals surface area contributed by atoms with Crippen LogP contribution in [0.1, 0.15) is 61.0 Å². The lowest BCUT2D eigenvalue weighted by Crippen LogP contribution is -2.48. The Labute approximate surface area is 151 Å². The Hall–Kier alpha value is -1.93. The Morgan fingerprint density at radius 3 is 1.40 bits per heavy atom. The molecule has 0 aromatic heterocycles. The molecule has 1 N–H and O–H groups in total. The molecule has 2 heteroatoms. The first kappa shape index (κ1) is 17.9. The summed E-state index contributed by atoms with van der Waals surface area (Å²) in [6.07, 6.45) is 1.75. The molecular weight excluding hydrogens is 306 g/mol. The Balaban J connectivity index is 1.99. The number of aryl methyl sites for hydroxylation is 2. The van der Waals surface area contributed by atoms with Crippen LogP contribution in [0.25, 0.3) is 0 Å². The molecule has 0 aliphatic carbocycles. The molecule has 0 spiro atoms. The Kier molecular flexibility index (Phi) is 5.39. The van der Waals surface area contributed by atoms with Gasteiger partial charge in [0, 0.05) is 23.9 Å². The maximum atomic E-state index is 13.2. The lowest BCUT2D eigenvalue weighted by Gasteiger charge is -2.41. The highest BCUT2D eigenvalue weighted by atomic mass is 16.1. The average Bonchev–Trinajstić information content (AvgIpc) is 2.62. The minimum Gasteiger partial charge on any atom is -0.302 e. The van der Waals surface area contributed by atoms with Gasteiger partial charge in [0.15, 0.2) is 0 Å². The van der Waals surface area contributed by atoms with Crippen LogP contribution in [0, 0.1) is 25.7 Å². The van der Waals surface area contributed by atoms with Crippen molar-refractivity contribution >= 4 is 5.78 Å². The molecule has 2 aromatic carbocycles. The van der Waals surface area contributed by atoms with Crippen LogP contribution in [-0.4, -0.2) is 5.78 Å². The molecule has 0 bridgehead atoms. The molecule has 3 rings (SSSR count). The zero-order chi connectivity index (χ0) is 18.0. The van der Waals surface area contributed by atoms with Crippen LogP contribution in [0.15, 0.2) is 48.5 Å². The molecule has 0 saturated carbocycles. The van der Waals surface area contributed by atoms with Gasteiger partial charge in [-0.3, -0.25) is 4.79 Å². The van der Waals surface area contributed by atoms with Crippen molar-refractivity contribution < 1.29 is 4.79 Å². The lowest BCUT2D eigenvalue weighted by atomic mass is 9.72. The van der Waals surface area contributed by atoms with Gasteiger partial charge in [-0.1, -0.05) is 73.5 Å². The zero-order valence-electron chi connectivity index (χ0n) is 15.8. The van der Waals surface area contributed by atoms with Gasteiger partial charge in [0.2, 0.25) is 0 Å². The maximum Gasteiger partial charge on any atom is 0.142 e. The molecule has 1 saturated heterocycles. The standard InChI is InChI=1S/C23H29NO/c1-5-19-21(17-11-7-15(3)8-12-17)24-22(20(6-2)23(19)25)18-13-9-16(4)10-14-18/h7-14,19-22,24H,5-6H2,1-4H3/t19-,20+,21-,22+. The summed E-state index contributed by atoms with van der Waals surface area (Å²) in [6, 6.07) is 17.4. The van der Waals surface area contributed by atoms with Crippen LogP contribution in [0.3, 0.4) is 0 Å². The minimum atomic E-state index is 0.0503. The second-order valence-corrected chi connectivity index (χ2v) is 7.38. The number of nitrogens with one attached hydrogen (secondary N) is 1. The van der Waals surface area contributed by atoms with Gasteiger partial charge in [-0.2, -0.15) is 0 Å². The Morgan fingerprint density at radius 1 is 0.720 bits per heavy atom. The maximum absolute atomic E-state index is 13.2. The summed E-state index contributed by atoms with van der Waals surface area (Å²) in [5, 5.41) is 3.84. The number of piperidine rings is 1. The summed E-state index contributed by atoms with van der Waals surface area (Å²) in [5.41, 5.74) is 4.94. The predicted octanol–water partition coefficient (Wildman–Crippen LogP) is 5.31. The van der Waals surface area contributed by atoms with Crippen molar-refractivity contribution in [2.75, 3.05) is 0 Å². The Morgan fingerprint density at radius 2 is 1.08 bits per heavy atom. The number of carbonyl (C=O) groups excluding carboxylic acids is 1. The van der Waals surface area contributed by atoms with Gasteiger partial charge >= 0.3 is 0 Å². The number of hydrogen-bond acceptors (Lipinski definition) is 2. The first-order valence-corrected chi connectivity index (χ1v) is 9.48. The highest BCUT2D eigenvalue weighted by Gasteiger charge is 2.42. The van der Waals surface area contributed by atoms with E-state index in [1.165, 1.54) is 22.3 Å². The summed E-state index contributed by atoms with van der Waals surface area (Å²) in [4.78, 5) is 13.2. The number of rotatable bonds is 4. The van der Waals surface area contributed by atoms with Crippen LogP contribution in [0.5, 0.6) is 0 Å². The molecule has 1 fully saturated rings. The van der Waals surface area contributed by atoms with E-state index in [1.807, 2.05) is 0 Å². The van der Waals surface area contributed by atoms with E-state index in [1.54, 1.807) is 0 Å². The number of hydrogen-bond donors (Lipinski definition) is 1. The SMILES string of the molecule is CC[C@@H]1C(=O)[C@H](CC)[C@@H](c2ccc(C)cc2)N[C@H]1c1ccc(C)cc1. The molecule has 1 aliphatic rings. The molecule has 0 unspecified atom stereocenters. The fourth-order valence-electron chi connectivity index (χ4n) is 4.11. The number of Topliss-reactive ketones (excluding diaryl/α,β-unsaturated/α-hetero) is 1. The molecule has 0 radical (unpaired) electrons. The molecule has 1 aliphatic heterocycles. The largest absolute Gasteiger partial charge is 0.302 e. The van der Waals surface area contributed by atoms with E-state index in [0.717, 1.165) is 12.8 Å². The second-order valence-electron chi connectivity index (χ2n) is 7.38. The summed E-state index contributed by atoms with van der Waals surface area (Å²) in [5.74, 6) is 0.517. The normalized spacial score (nSPS) is 26.6. The van der Waals surface area contributed by atoms with Crippen molar-refractivity contribution in [1.29, 1.82) is 0 Å². The van der Waals surface area contributed by atoms with E-state index in [-0.39, 0.29) is 23.9 Å². The van der Waals surface area contributed by atoms with E-state index in [9.17, 15) is 4.79 Å². The van der Waals surface area contributed by atoms with E-state index >= 15 is 0 Å². The summed E-state index contributed by atoms with van der Waals surface area (Å²) in [6.45, 7) is 8.46. The van der Waals surface area contributed by atoms with Gasteiger partial charge < -0.3 is 5.32 Å². The van der Waals surface area contributed by atoms with Gasteiger partial charge in [-0.05, 0) is 37.8 Å². The van der Waals surface area contributed by atoms with Gasteiger partial charge in [-0.25, -0.2) is 0 Å². The second kappa shape index (κ2) is 7.53. The van der Waals surface area contributed by atoms with Crippen molar-refractivity contribution in [2.45, 2.75) is 52.6 Å². The van der Waals surface area contributed by atoms with E-state index < -0.39 is 0 Å². The average molecular weight is 335 g/mol. The van der Waals surface area contributed by atoms with Crippen molar-refractivity contribution in [3.8, 4) is 0 Å². The smallest absolute Gasteiger partial charge is 0.142 e. The third-order valence-electron chi connectivity index (χ3n) is 5.65. The van der Waals surface area contributed by atoms with Gasteiger partial charge in [0.1, 0.15) is 5.78 Å². The zero-order valence-corrected chi connectivity index (χ0v) is 15.8. The van der Waals surface area contributed by atoms with Gasteiger partial charge in [0.25, 0.3) is 0 Å². The topological polar surface area (TPSA) is 29.1 Å². The van der Waals surface area contributed by atoms with Crippen LogP contribution in [-0.2, 0) is 4.79 Å². The molecule has 1 heterocycles. The third kappa shape index (κ3) is 3.55. The molecule has 25 heavy (non-hydrogen) atoms. The first-order chi connectivity index (χ1) is 12.0. The summed E-state index contributed by atoms with van der Waals surface area (Å²) < 4.78 is 0. The highest BCUT2D eigenvalue weighted by molar-refractivity contribution is 5.86. The van der Waals surface area contributed by atoms with Crippen LogP contribution >= 0.6 is 0 Å². The fraction of sp³-hybridized carbons (Fsp3) is 0.435. The van der Waals surface area contributed by atoms with Crippen LogP contribution in [0.2, 0.25) is 0 Å². The quantitative estimate of drug-likeness (QED) is 0.820. The predicted molar refractivity (Wildman–Crippen MR) is 104 cm³/mol. The first-order valence-electron chi connectivity index (χ1n) is 9.48. The van der Waals surface area contributed by atoms with Crippen molar-refractivity contribution in [3.05, 3.63) is 70.8 Å². The molecule has 2 aromatic rings. The van der Waals surface area contributed by atoms with Crippen molar-refractivity contribution in [1.82, 2.24) is 5.32 Å². The number of ketones is 1. The van der Waals surface area contributed by atoms with E-state index in [2.05, 4.69) is 81.5 Å². The fourth-order valence-corrected chi connectivity index (χ4v) is 4.11. The Bertz CT molecular complexity index is 655. The lowest BCUT2D eigenvalue weighted by molar-refractivity contribution is -0.132. The summed E-state index contributed by atoms with van der Waals surface area (Å²) in [7, 11) is 0. The molecule has 4 atom stereocenters. The van der Waals surface area contributed by atoms with Crippen molar-refractivity contribution in [2.24, 2.45) is 11.8 Å². The molecule has 132 valence electrons. The summed E-state index contributed by atoms with van der Waals surface area (Å²) >= 11 is 0. The third-order valence-corrected chi connectivity index (χ3v) is 5.65. The molecule has 2 nitrogen and oxygen atoms in total. The number of carbonyl (C=O) groups is 1. The van der Waals surface area contributed by atoms with E-state index in [0.29, 0.717) is 5.78 Å². The molecule has 0 amide bonds. The van der Waals surface area contributed by atoms with E-state index in [4.69, 9.17) is 0 Å². The number of benzene rings is 2. The van der Waals surface area contributed by atoms with Gasteiger partial charge in [-0.15, -0.1) is 0 Å². The van der Waals surface area contributed by atoms with Gasteiger partial charge in [0.05, 0.1) is 0 Å². The van der Waals surface area contributed by atoms with Crippen LogP contribution < -0.4 is 5.32 Å². The monoisotopic (exact) mass is 335 g/mol. The van der Waals surface area contributed by atoms with Crippen molar-refractivity contribution in [3.63, 3.8) is 0 Å². The minimum absolute atomic E-state index is 0.0503. The molecular formula is C23H29NO. The van der Waals surface area contributed by atoms with Crippen LogP contribution in [0.4, 0.5) is 0 Å². The highest BCUT2D eigenvalue weighted by Crippen LogP contribution is 2.41.